The third-order valence-corrected chi connectivity index (χ3v) is 4.28. The average molecular weight is 367 g/mol. The van der Waals surface area contributed by atoms with E-state index in [4.69, 9.17) is 4.52 Å². The minimum absolute atomic E-state index is 0.0293. The second-order valence-electron chi connectivity index (χ2n) is 6.02. The Hall–Kier alpha value is 0.290. The van der Waals surface area contributed by atoms with E-state index in [1.165, 1.54) is 5.75 Å². The largest absolute Gasteiger partial charge is 0.360 e. The monoisotopic (exact) mass is 367 g/mol. The SMILES string of the molecule is CC(C)(C)CSCCc1cc(C(C)(C)I)on1. The lowest BCUT2D eigenvalue weighted by Gasteiger charge is -2.16. The standard InChI is InChI=1S/C13H22INOS/c1-12(2,3)9-17-7-6-10-8-11(16-15-10)13(4,5)14/h8H,6-7,9H2,1-5H3. The third kappa shape index (κ3) is 6.13. The summed E-state index contributed by atoms with van der Waals surface area (Å²) in [7, 11) is 0. The first kappa shape index (κ1) is 15.3. The molecule has 0 N–H and O–H groups in total. The predicted molar refractivity (Wildman–Crippen MR) is 84.0 cm³/mol. The van der Waals surface area contributed by atoms with Crippen molar-refractivity contribution in [3.8, 4) is 0 Å². The Labute approximate surface area is 122 Å². The maximum atomic E-state index is 5.36. The van der Waals surface area contributed by atoms with Crippen LogP contribution in [0, 0.1) is 5.41 Å². The van der Waals surface area contributed by atoms with Crippen LogP contribution in [-0.2, 0) is 9.84 Å². The van der Waals surface area contributed by atoms with E-state index in [-0.39, 0.29) is 3.42 Å². The highest BCUT2D eigenvalue weighted by molar-refractivity contribution is 14.1. The number of aromatic nitrogens is 1. The molecule has 0 unspecified atom stereocenters. The molecule has 0 atom stereocenters. The highest BCUT2D eigenvalue weighted by Crippen LogP contribution is 2.31. The molecule has 98 valence electrons. The van der Waals surface area contributed by atoms with Crippen LogP contribution in [0.2, 0.25) is 0 Å². The maximum Gasteiger partial charge on any atom is 0.152 e. The summed E-state index contributed by atoms with van der Waals surface area (Å²) in [5, 5.41) is 4.12. The lowest BCUT2D eigenvalue weighted by molar-refractivity contribution is 0.362. The normalized spacial score (nSPS) is 13.1. The van der Waals surface area contributed by atoms with E-state index in [0.717, 1.165) is 23.6 Å². The van der Waals surface area contributed by atoms with Crippen LogP contribution in [0.15, 0.2) is 10.6 Å². The molecule has 0 spiro atoms. The highest BCUT2D eigenvalue weighted by atomic mass is 127. The minimum atomic E-state index is 0.0293. The number of nitrogens with zero attached hydrogens (tertiary/aromatic N) is 1. The lowest BCUT2D eigenvalue weighted by Crippen LogP contribution is -2.09. The van der Waals surface area contributed by atoms with E-state index in [0.29, 0.717) is 5.41 Å². The van der Waals surface area contributed by atoms with Gasteiger partial charge in [0, 0.05) is 12.5 Å². The zero-order valence-electron chi connectivity index (χ0n) is 11.3. The smallest absolute Gasteiger partial charge is 0.152 e. The highest BCUT2D eigenvalue weighted by Gasteiger charge is 2.21. The fourth-order valence-electron chi connectivity index (χ4n) is 1.26. The topological polar surface area (TPSA) is 26.0 Å². The zero-order valence-corrected chi connectivity index (χ0v) is 14.3. The molecule has 2 nitrogen and oxygen atoms in total. The molecule has 0 aliphatic heterocycles. The number of hydrogen-bond acceptors (Lipinski definition) is 3. The van der Waals surface area contributed by atoms with Crippen LogP contribution >= 0.6 is 34.4 Å². The van der Waals surface area contributed by atoms with Gasteiger partial charge in [-0.05, 0) is 30.8 Å². The molecule has 0 aliphatic rings. The van der Waals surface area contributed by atoms with Crippen molar-refractivity contribution < 1.29 is 4.52 Å². The van der Waals surface area contributed by atoms with E-state index in [1.54, 1.807) is 0 Å². The number of hydrogen-bond donors (Lipinski definition) is 0. The van der Waals surface area contributed by atoms with Gasteiger partial charge >= 0.3 is 0 Å². The number of rotatable bonds is 5. The second-order valence-corrected chi connectivity index (χ2v) is 9.82. The Bertz CT molecular complexity index is 349. The van der Waals surface area contributed by atoms with Crippen LogP contribution in [-0.4, -0.2) is 16.7 Å². The van der Waals surface area contributed by atoms with Crippen LogP contribution in [0.1, 0.15) is 46.1 Å². The van der Waals surface area contributed by atoms with Crippen LogP contribution in [0.25, 0.3) is 0 Å². The summed E-state index contributed by atoms with van der Waals surface area (Å²) in [6, 6.07) is 2.09. The van der Waals surface area contributed by atoms with Crippen molar-refractivity contribution in [2.45, 2.75) is 44.5 Å². The van der Waals surface area contributed by atoms with E-state index in [1.807, 2.05) is 11.8 Å². The number of thioether (sulfide) groups is 1. The van der Waals surface area contributed by atoms with E-state index in [2.05, 4.69) is 68.4 Å². The Kier molecular flexibility index (Phi) is 5.38. The molecule has 0 aliphatic carbocycles. The summed E-state index contributed by atoms with van der Waals surface area (Å²) >= 11 is 4.36. The predicted octanol–water partition coefficient (Wildman–Crippen LogP) is 4.67. The van der Waals surface area contributed by atoms with Crippen molar-refractivity contribution in [2.75, 3.05) is 11.5 Å². The molecule has 4 heteroatoms. The zero-order chi connectivity index (χ0) is 13.1. The first-order valence-electron chi connectivity index (χ1n) is 5.91. The van der Waals surface area contributed by atoms with Crippen molar-refractivity contribution in [1.82, 2.24) is 5.16 Å². The minimum Gasteiger partial charge on any atom is -0.360 e. The molecule has 0 radical (unpaired) electrons. The molecule has 0 saturated heterocycles. The van der Waals surface area contributed by atoms with Gasteiger partial charge in [-0.1, -0.05) is 48.5 Å². The Morgan fingerprint density at radius 3 is 2.41 bits per heavy atom. The van der Waals surface area contributed by atoms with Gasteiger partial charge in [-0.25, -0.2) is 0 Å². The summed E-state index contributed by atoms with van der Waals surface area (Å²) in [6.07, 6.45) is 0.997. The van der Waals surface area contributed by atoms with Gasteiger partial charge in [0.05, 0.1) is 9.12 Å². The number of halogens is 1. The van der Waals surface area contributed by atoms with Gasteiger partial charge in [0.15, 0.2) is 5.76 Å². The number of aryl methyl sites for hydroxylation is 1. The summed E-state index contributed by atoms with van der Waals surface area (Å²) in [6.45, 7) is 11.1. The van der Waals surface area contributed by atoms with E-state index >= 15 is 0 Å². The molecular weight excluding hydrogens is 345 g/mol. The van der Waals surface area contributed by atoms with Gasteiger partial charge in [-0.3, -0.25) is 0 Å². The number of alkyl halides is 1. The molecule has 17 heavy (non-hydrogen) atoms. The quantitative estimate of drug-likeness (QED) is 0.430. The summed E-state index contributed by atoms with van der Waals surface area (Å²) in [4.78, 5) is 0. The van der Waals surface area contributed by atoms with E-state index < -0.39 is 0 Å². The summed E-state index contributed by atoms with van der Waals surface area (Å²) in [5.41, 5.74) is 1.48. The molecule has 0 aromatic carbocycles. The molecule has 1 aromatic heterocycles. The molecule has 1 aromatic rings. The lowest BCUT2D eigenvalue weighted by atomic mass is 10.0. The van der Waals surface area contributed by atoms with Crippen molar-refractivity contribution in [1.29, 1.82) is 0 Å². The Balaban J connectivity index is 2.36. The molecule has 1 rings (SSSR count). The van der Waals surface area contributed by atoms with Crippen LogP contribution in [0.3, 0.4) is 0 Å². The molecule has 0 saturated carbocycles. The first-order valence-corrected chi connectivity index (χ1v) is 8.14. The van der Waals surface area contributed by atoms with E-state index in [9.17, 15) is 0 Å². The van der Waals surface area contributed by atoms with Crippen LogP contribution < -0.4 is 0 Å². The Morgan fingerprint density at radius 2 is 1.94 bits per heavy atom. The second kappa shape index (κ2) is 5.95. The van der Waals surface area contributed by atoms with Crippen LogP contribution in [0.4, 0.5) is 0 Å². The summed E-state index contributed by atoms with van der Waals surface area (Å²) in [5.74, 6) is 3.27. The van der Waals surface area contributed by atoms with Crippen molar-refractivity contribution in [3.05, 3.63) is 17.5 Å². The molecule has 1 heterocycles. The van der Waals surface area contributed by atoms with Crippen molar-refractivity contribution in [3.63, 3.8) is 0 Å². The first-order chi connectivity index (χ1) is 7.68. The molecule has 0 fully saturated rings. The van der Waals surface area contributed by atoms with Gasteiger partial charge < -0.3 is 4.52 Å². The maximum absolute atomic E-state index is 5.36. The van der Waals surface area contributed by atoms with Gasteiger partial charge in [-0.2, -0.15) is 11.8 Å². The van der Waals surface area contributed by atoms with Crippen molar-refractivity contribution >= 4 is 34.4 Å². The van der Waals surface area contributed by atoms with Crippen LogP contribution in [0.5, 0.6) is 0 Å². The fourth-order valence-corrected chi connectivity index (χ4v) is 2.63. The third-order valence-electron chi connectivity index (χ3n) is 2.18. The van der Waals surface area contributed by atoms with Gasteiger partial charge in [-0.15, -0.1) is 0 Å². The Morgan fingerprint density at radius 1 is 1.29 bits per heavy atom. The molecule has 0 bridgehead atoms. The fraction of sp³-hybridized carbons (Fsp3) is 0.769. The average Bonchev–Trinajstić information content (AvgIpc) is 2.58. The van der Waals surface area contributed by atoms with Gasteiger partial charge in [0.25, 0.3) is 0 Å². The van der Waals surface area contributed by atoms with Gasteiger partial charge in [0.2, 0.25) is 0 Å². The molecule has 0 amide bonds. The summed E-state index contributed by atoms with van der Waals surface area (Å²) < 4.78 is 5.39. The molecular formula is C13H22INOS. The van der Waals surface area contributed by atoms with Crippen molar-refractivity contribution in [2.24, 2.45) is 5.41 Å². The van der Waals surface area contributed by atoms with Gasteiger partial charge in [0.1, 0.15) is 0 Å².